The summed E-state index contributed by atoms with van der Waals surface area (Å²) in [5.74, 6) is -1.14. The summed E-state index contributed by atoms with van der Waals surface area (Å²) in [5.41, 5.74) is -0.474. The number of hydrogen-bond acceptors (Lipinski definition) is 6. The fourth-order valence-corrected chi connectivity index (χ4v) is 3.94. The Balaban J connectivity index is 1.86. The fraction of sp³-hybridized carbons (Fsp3) is 0.286. The second-order valence-corrected chi connectivity index (χ2v) is 8.83. The van der Waals surface area contributed by atoms with Gasteiger partial charge in [0.05, 0.1) is 27.6 Å². The highest BCUT2D eigenvalue weighted by molar-refractivity contribution is 7.99. The fourth-order valence-electron chi connectivity index (χ4n) is 2.95. The lowest BCUT2D eigenvalue weighted by molar-refractivity contribution is -0.384. The van der Waals surface area contributed by atoms with Crippen LogP contribution in [-0.4, -0.2) is 26.1 Å². The molecule has 11 heteroatoms. The SMILES string of the molecule is CC(C)CCn1c(SCC(=O)Nc2ccc(F)cc2[N+](=O)[O-])nc2cc(Cl)ccc2c1=O. The summed E-state index contributed by atoms with van der Waals surface area (Å²) in [6, 6.07) is 7.71. The Morgan fingerprint density at radius 1 is 1.31 bits per heavy atom. The quantitative estimate of drug-likeness (QED) is 0.214. The molecule has 32 heavy (non-hydrogen) atoms. The average Bonchev–Trinajstić information content (AvgIpc) is 2.72. The lowest BCUT2D eigenvalue weighted by atomic mass is 10.1. The van der Waals surface area contributed by atoms with Crippen molar-refractivity contribution >= 4 is 51.5 Å². The molecule has 1 aromatic heterocycles. The zero-order valence-corrected chi connectivity index (χ0v) is 18.9. The van der Waals surface area contributed by atoms with Crippen molar-refractivity contribution in [1.82, 2.24) is 9.55 Å². The number of hydrogen-bond donors (Lipinski definition) is 1. The standard InChI is InChI=1S/C21H20ClFN4O4S/c1-12(2)7-8-26-20(29)15-5-3-13(22)9-17(15)25-21(26)32-11-19(28)24-16-6-4-14(23)10-18(16)27(30)31/h3-6,9-10,12H,7-8,11H2,1-2H3,(H,24,28). The van der Waals surface area contributed by atoms with E-state index in [9.17, 15) is 24.1 Å². The first kappa shape index (κ1) is 23.7. The van der Waals surface area contributed by atoms with E-state index >= 15 is 0 Å². The highest BCUT2D eigenvalue weighted by Crippen LogP contribution is 2.26. The van der Waals surface area contributed by atoms with Crippen LogP contribution in [0.25, 0.3) is 10.9 Å². The molecule has 0 saturated carbocycles. The molecular formula is C21H20ClFN4O4S. The Morgan fingerprint density at radius 2 is 2.06 bits per heavy atom. The maximum atomic E-state index is 13.3. The third-order valence-corrected chi connectivity index (χ3v) is 5.79. The largest absolute Gasteiger partial charge is 0.320 e. The number of halogens is 2. The van der Waals surface area contributed by atoms with Gasteiger partial charge in [0.15, 0.2) is 5.16 Å². The van der Waals surface area contributed by atoms with E-state index < -0.39 is 22.3 Å². The smallest absolute Gasteiger partial charge is 0.295 e. The van der Waals surface area contributed by atoms with E-state index in [-0.39, 0.29) is 17.0 Å². The van der Waals surface area contributed by atoms with Crippen LogP contribution in [0.3, 0.4) is 0 Å². The predicted octanol–water partition coefficient (Wildman–Crippen LogP) is 4.87. The van der Waals surface area contributed by atoms with Crippen LogP contribution in [0.1, 0.15) is 20.3 Å². The molecule has 0 saturated heterocycles. The topological polar surface area (TPSA) is 107 Å². The van der Waals surface area contributed by atoms with E-state index in [2.05, 4.69) is 10.3 Å². The highest BCUT2D eigenvalue weighted by Gasteiger charge is 2.18. The first-order chi connectivity index (χ1) is 15.2. The van der Waals surface area contributed by atoms with Gasteiger partial charge in [-0.25, -0.2) is 9.37 Å². The van der Waals surface area contributed by atoms with E-state index in [4.69, 9.17) is 11.6 Å². The number of carbonyl (C=O) groups excluding carboxylic acids is 1. The maximum absolute atomic E-state index is 13.3. The van der Waals surface area contributed by atoms with Crippen LogP contribution < -0.4 is 10.9 Å². The lowest BCUT2D eigenvalue weighted by Crippen LogP contribution is -2.25. The van der Waals surface area contributed by atoms with Gasteiger partial charge in [0.1, 0.15) is 11.5 Å². The van der Waals surface area contributed by atoms with Crippen LogP contribution >= 0.6 is 23.4 Å². The summed E-state index contributed by atoms with van der Waals surface area (Å²) in [6.07, 6.45) is 0.738. The molecule has 1 heterocycles. The van der Waals surface area contributed by atoms with Crippen molar-refractivity contribution in [3.8, 4) is 0 Å². The van der Waals surface area contributed by atoms with Crippen molar-refractivity contribution in [2.24, 2.45) is 5.92 Å². The van der Waals surface area contributed by atoms with Crippen LogP contribution in [0, 0.1) is 21.8 Å². The van der Waals surface area contributed by atoms with Crippen LogP contribution in [0.15, 0.2) is 46.3 Å². The van der Waals surface area contributed by atoms with Crippen LogP contribution in [0.2, 0.25) is 5.02 Å². The van der Waals surface area contributed by atoms with Crippen LogP contribution in [0.5, 0.6) is 0 Å². The lowest BCUT2D eigenvalue weighted by Gasteiger charge is -2.14. The number of nitro benzene ring substituents is 1. The van der Waals surface area contributed by atoms with Crippen molar-refractivity contribution in [1.29, 1.82) is 0 Å². The average molecular weight is 479 g/mol. The van der Waals surface area contributed by atoms with Gasteiger partial charge in [0.25, 0.3) is 11.2 Å². The zero-order valence-electron chi connectivity index (χ0n) is 17.3. The van der Waals surface area contributed by atoms with Gasteiger partial charge in [0, 0.05) is 11.6 Å². The number of carbonyl (C=O) groups is 1. The summed E-state index contributed by atoms with van der Waals surface area (Å²) in [4.78, 5) is 40.3. The van der Waals surface area contributed by atoms with E-state index in [1.54, 1.807) is 18.2 Å². The Hall–Kier alpha value is -2.98. The molecule has 0 bridgehead atoms. The number of aromatic nitrogens is 2. The molecule has 0 aliphatic rings. The number of anilines is 1. The van der Waals surface area contributed by atoms with Crippen molar-refractivity contribution in [2.75, 3.05) is 11.1 Å². The summed E-state index contributed by atoms with van der Waals surface area (Å²) < 4.78 is 14.8. The monoisotopic (exact) mass is 478 g/mol. The molecule has 0 atom stereocenters. The number of fused-ring (bicyclic) bond motifs is 1. The summed E-state index contributed by atoms with van der Waals surface area (Å²) >= 11 is 7.06. The molecular weight excluding hydrogens is 459 g/mol. The molecule has 1 amide bonds. The third-order valence-electron chi connectivity index (χ3n) is 4.58. The van der Waals surface area contributed by atoms with Gasteiger partial charge in [-0.05, 0) is 42.7 Å². The predicted molar refractivity (Wildman–Crippen MR) is 123 cm³/mol. The number of nitrogens with one attached hydrogen (secondary N) is 1. The zero-order chi connectivity index (χ0) is 23.4. The highest BCUT2D eigenvalue weighted by atomic mass is 35.5. The van der Waals surface area contributed by atoms with E-state index in [1.807, 2.05) is 13.8 Å². The normalized spacial score (nSPS) is 11.2. The van der Waals surface area contributed by atoms with Gasteiger partial charge in [-0.2, -0.15) is 0 Å². The molecule has 0 radical (unpaired) electrons. The number of nitrogens with zero attached hydrogens (tertiary/aromatic N) is 3. The molecule has 0 fully saturated rings. The molecule has 0 spiro atoms. The van der Waals surface area contributed by atoms with E-state index in [1.165, 1.54) is 4.57 Å². The van der Waals surface area contributed by atoms with Gasteiger partial charge >= 0.3 is 0 Å². The van der Waals surface area contributed by atoms with Crippen molar-refractivity contribution in [2.45, 2.75) is 32.0 Å². The van der Waals surface area contributed by atoms with Gasteiger partial charge in [-0.1, -0.05) is 37.2 Å². The third kappa shape index (κ3) is 5.63. The Morgan fingerprint density at radius 3 is 2.75 bits per heavy atom. The van der Waals surface area contributed by atoms with Crippen molar-refractivity contribution < 1.29 is 14.1 Å². The summed E-state index contributed by atoms with van der Waals surface area (Å²) in [6.45, 7) is 4.50. The Kier molecular flexibility index (Phi) is 7.47. The molecule has 0 unspecified atom stereocenters. The molecule has 168 valence electrons. The first-order valence-electron chi connectivity index (χ1n) is 9.72. The number of rotatable bonds is 8. The van der Waals surface area contributed by atoms with Gasteiger partial charge in [0.2, 0.25) is 5.91 Å². The minimum absolute atomic E-state index is 0.113. The number of thioether (sulfide) groups is 1. The van der Waals surface area contributed by atoms with Crippen molar-refractivity contribution in [3.63, 3.8) is 0 Å². The minimum atomic E-state index is -0.780. The molecule has 3 aromatic rings. The number of benzene rings is 2. The second-order valence-electron chi connectivity index (χ2n) is 7.45. The van der Waals surface area contributed by atoms with E-state index in [0.717, 1.165) is 36.4 Å². The molecule has 0 aliphatic heterocycles. The molecule has 1 N–H and O–H groups in total. The molecule has 8 nitrogen and oxygen atoms in total. The maximum Gasteiger partial charge on any atom is 0.295 e. The molecule has 0 aliphatic carbocycles. The van der Waals surface area contributed by atoms with Gasteiger partial charge in [-0.3, -0.25) is 24.3 Å². The summed E-state index contributed by atoms with van der Waals surface area (Å²) in [7, 11) is 0. The summed E-state index contributed by atoms with van der Waals surface area (Å²) in [5, 5.41) is 14.7. The van der Waals surface area contributed by atoms with E-state index in [0.29, 0.717) is 33.5 Å². The van der Waals surface area contributed by atoms with Gasteiger partial charge < -0.3 is 5.32 Å². The second kappa shape index (κ2) is 10.1. The minimum Gasteiger partial charge on any atom is -0.320 e. The Bertz CT molecular complexity index is 1250. The number of nitro groups is 1. The number of amides is 1. The van der Waals surface area contributed by atoms with Crippen LogP contribution in [-0.2, 0) is 11.3 Å². The molecule has 3 rings (SSSR count). The van der Waals surface area contributed by atoms with Gasteiger partial charge in [-0.15, -0.1) is 0 Å². The first-order valence-corrected chi connectivity index (χ1v) is 11.1. The van der Waals surface area contributed by atoms with Crippen molar-refractivity contribution in [3.05, 3.63) is 67.7 Å². The Labute approximate surface area is 191 Å². The van der Waals surface area contributed by atoms with Crippen LogP contribution in [0.4, 0.5) is 15.8 Å². The molecule has 2 aromatic carbocycles.